The number of halogens is 1. The Labute approximate surface area is 141 Å². The fourth-order valence-corrected chi connectivity index (χ4v) is 4.52. The van der Waals surface area contributed by atoms with Crippen LogP contribution in [-0.4, -0.2) is 29.6 Å². The number of nitrogens with one attached hydrogen (secondary N) is 2. The molecule has 23 heavy (non-hydrogen) atoms. The lowest BCUT2D eigenvalue weighted by atomic mass is 9.98. The van der Waals surface area contributed by atoms with Crippen LogP contribution in [0.4, 0.5) is 0 Å². The van der Waals surface area contributed by atoms with E-state index >= 15 is 0 Å². The fourth-order valence-electron chi connectivity index (χ4n) is 4.28. The lowest BCUT2D eigenvalue weighted by Gasteiger charge is -2.30. The summed E-state index contributed by atoms with van der Waals surface area (Å²) in [6, 6.07) is 4.99. The average molecular weight is 335 g/mol. The van der Waals surface area contributed by atoms with Gasteiger partial charge in [0.05, 0.1) is 5.56 Å². The van der Waals surface area contributed by atoms with Gasteiger partial charge < -0.3 is 15.4 Å². The van der Waals surface area contributed by atoms with E-state index in [-0.39, 0.29) is 17.6 Å². The van der Waals surface area contributed by atoms with Crippen LogP contribution < -0.4 is 15.4 Å². The van der Waals surface area contributed by atoms with E-state index in [1.54, 1.807) is 6.07 Å². The van der Waals surface area contributed by atoms with Gasteiger partial charge >= 0.3 is 0 Å². The van der Waals surface area contributed by atoms with Crippen molar-refractivity contribution in [2.24, 2.45) is 0 Å². The van der Waals surface area contributed by atoms with Crippen molar-refractivity contribution in [1.82, 2.24) is 10.6 Å². The molecule has 0 saturated carbocycles. The van der Waals surface area contributed by atoms with E-state index in [9.17, 15) is 4.79 Å². The quantitative estimate of drug-likeness (QED) is 0.874. The zero-order chi connectivity index (χ0) is 16.2. The van der Waals surface area contributed by atoms with E-state index in [1.807, 2.05) is 19.9 Å². The minimum Gasteiger partial charge on any atom is -0.486 e. The van der Waals surface area contributed by atoms with Crippen molar-refractivity contribution in [3.8, 4) is 5.75 Å². The minimum absolute atomic E-state index is 0.0623. The lowest BCUT2D eigenvalue weighted by molar-refractivity contribution is 0.0910. The maximum Gasteiger partial charge on any atom is 0.255 e. The lowest BCUT2D eigenvalue weighted by Crippen LogP contribution is -2.48. The average Bonchev–Trinajstić information content (AvgIpc) is 2.95. The monoisotopic (exact) mass is 334 g/mol. The van der Waals surface area contributed by atoms with Gasteiger partial charge in [-0.2, -0.15) is 0 Å². The predicted molar refractivity (Wildman–Crippen MR) is 90.3 cm³/mol. The summed E-state index contributed by atoms with van der Waals surface area (Å²) in [6.07, 6.45) is 5.25. The summed E-state index contributed by atoms with van der Waals surface area (Å²) < 4.78 is 6.01. The first-order valence-electron chi connectivity index (χ1n) is 8.48. The highest BCUT2D eigenvalue weighted by molar-refractivity contribution is 6.31. The van der Waals surface area contributed by atoms with E-state index in [2.05, 4.69) is 10.6 Å². The first kappa shape index (κ1) is 15.3. The summed E-state index contributed by atoms with van der Waals surface area (Å²) in [4.78, 5) is 12.8. The molecule has 2 unspecified atom stereocenters. The molecule has 3 aliphatic heterocycles. The van der Waals surface area contributed by atoms with Gasteiger partial charge in [0, 0.05) is 35.1 Å². The van der Waals surface area contributed by atoms with Crippen molar-refractivity contribution in [2.75, 3.05) is 0 Å². The molecule has 124 valence electrons. The molecule has 3 aliphatic rings. The van der Waals surface area contributed by atoms with Gasteiger partial charge in [0.2, 0.25) is 0 Å². The number of rotatable bonds is 2. The number of hydrogen-bond acceptors (Lipinski definition) is 3. The van der Waals surface area contributed by atoms with E-state index in [4.69, 9.17) is 16.3 Å². The molecule has 2 fully saturated rings. The normalized spacial score (nSPS) is 30.7. The fraction of sp³-hybridized carbons (Fsp3) is 0.611. The van der Waals surface area contributed by atoms with E-state index in [0.717, 1.165) is 24.8 Å². The molecular weight excluding hydrogens is 312 g/mol. The SMILES string of the molecule is CC1(C)Cc2cc(Cl)cc(C(=O)NC3CC4CCC(C3)N4)c2O1. The van der Waals surface area contributed by atoms with Gasteiger partial charge in [0.15, 0.2) is 0 Å². The second-order valence-corrected chi connectivity index (χ2v) is 8.20. The molecule has 0 aromatic heterocycles. The third-order valence-corrected chi connectivity index (χ3v) is 5.40. The largest absolute Gasteiger partial charge is 0.486 e. The number of hydrogen-bond donors (Lipinski definition) is 2. The van der Waals surface area contributed by atoms with Gasteiger partial charge in [-0.05, 0) is 51.7 Å². The molecule has 0 radical (unpaired) electrons. The zero-order valence-electron chi connectivity index (χ0n) is 13.6. The van der Waals surface area contributed by atoms with Gasteiger partial charge in [-0.25, -0.2) is 0 Å². The number of fused-ring (bicyclic) bond motifs is 3. The Kier molecular flexibility index (Phi) is 3.58. The predicted octanol–water partition coefficient (Wildman–Crippen LogP) is 3.07. The van der Waals surface area contributed by atoms with Crippen molar-refractivity contribution in [3.63, 3.8) is 0 Å². The molecule has 1 aromatic rings. The van der Waals surface area contributed by atoms with Gasteiger partial charge in [-0.3, -0.25) is 4.79 Å². The molecule has 2 saturated heterocycles. The number of amides is 1. The Morgan fingerprint density at radius 3 is 2.70 bits per heavy atom. The topological polar surface area (TPSA) is 50.4 Å². The minimum atomic E-state index is -0.282. The molecule has 4 nitrogen and oxygen atoms in total. The number of ether oxygens (including phenoxy) is 1. The Morgan fingerprint density at radius 2 is 2.00 bits per heavy atom. The molecule has 4 rings (SSSR count). The van der Waals surface area contributed by atoms with Crippen LogP contribution >= 0.6 is 11.6 Å². The Balaban J connectivity index is 1.55. The maximum atomic E-state index is 12.8. The number of carbonyl (C=O) groups excluding carboxylic acids is 1. The summed E-state index contributed by atoms with van der Waals surface area (Å²) in [5, 5.41) is 7.40. The summed E-state index contributed by atoms with van der Waals surface area (Å²) in [6.45, 7) is 4.07. The van der Waals surface area contributed by atoms with Crippen LogP contribution in [0, 0.1) is 0 Å². The van der Waals surface area contributed by atoms with Crippen molar-refractivity contribution in [3.05, 3.63) is 28.3 Å². The molecule has 1 amide bonds. The highest BCUT2D eigenvalue weighted by Crippen LogP contribution is 2.39. The van der Waals surface area contributed by atoms with E-state index in [1.165, 1.54) is 12.8 Å². The summed E-state index contributed by atoms with van der Waals surface area (Å²) in [7, 11) is 0. The van der Waals surface area contributed by atoms with Crippen molar-refractivity contribution >= 4 is 17.5 Å². The standard InChI is InChI=1S/C18H23ClN2O2/c1-18(2)9-10-5-11(19)6-15(16(10)23-18)17(22)21-14-7-12-3-4-13(8-14)20-12/h5-6,12-14,20H,3-4,7-9H2,1-2H3,(H,21,22). The van der Waals surface area contributed by atoms with Crippen LogP contribution in [0.25, 0.3) is 0 Å². The van der Waals surface area contributed by atoms with Gasteiger partial charge in [0.1, 0.15) is 11.4 Å². The third-order valence-electron chi connectivity index (χ3n) is 5.18. The summed E-state index contributed by atoms with van der Waals surface area (Å²) >= 11 is 6.22. The third kappa shape index (κ3) is 2.94. The maximum absolute atomic E-state index is 12.8. The number of carbonyl (C=O) groups is 1. The molecule has 5 heteroatoms. The van der Waals surface area contributed by atoms with E-state index < -0.39 is 0 Å². The number of benzene rings is 1. The second-order valence-electron chi connectivity index (χ2n) is 7.76. The molecule has 2 atom stereocenters. The molecule has 0 spiro atoms. The van der Waals surface area contributed by atoms with E-state index in [0.29, 0.717) is 28.4 Å². The molecule has 2 bridgehead atoms. The first-order valence-corrected chi connectivity index (χ1v) is 8.86. The van der Waals surface area contributed by atoms with Crippen molar-refractivity contribution in [1.29, 1.82) is 0 Å². The zero-order valence-corrected chi connectivity index (χ0v) is 14.4. The summed E-state index contributed by atoms with van der Waals surface area (Å²) in [5.41, 5.74) is 1.32. The highest BCUT2D eigenvalue weighted by Gasteiger charge is 2.36. The van der Waals surface area contributed by atoms with Crippen molar-refractivity contribution < 1.29 is 9.53 Å². The first-order chi connectivity index (χ1) is 10.9. The van der Waals surface area contributed by atoms with Gasteiger partial charge in [0.25, 0.3) is 5.91 Å². The molecule has 1 aromatic carbocycles. The number of piperidine rings is 1. The smallest absolute Gasteiger partial charge is 0.255 e. The van der Waals surface area contributed by atoms with Crippen LogP contribution in [-0.2, 0) is 6.42 Å². The van der Waals surface area contributed by atoms with Crippen LogP contribution in [0.2, 0.25) is 5.02 Å². The molecular formula is C18H23ClN2O2. The van der Waals surface area contributed by atoms with Crippen LogP contribution in [0.15, 0.2) is 12.1 Å². The molecule has 3 heterocycles. The molecule has 0 aliphatic carbocycles. The summed E-state index contributed by atoms with van der Waals surface area (Å²) in [5.74, 6) is 0.640. The second kappa shape index (κ2) is 5.38. The Hall–Kier alpha value is -1.26. The van der Waals surface area contributed by atoms with Crippen molar-refractivity contribution in [2.45, 2.75) is 69.7 Å². The molecule has 2 N–H and O–H groups in total. The van der Waals surface area contributed by atoms with Crippen LogP contribution in [0.5, 0.6) is 5.75 Å². The highest BCUT2D eigenvalue weighted by atomic mass is 35.5. The Morgan fingerprint density at radius 1 is 1.30 bits per heavy atom. The van der Waals surface area contributed by atoms with Gasteiger partial charge in [-0.1, -0.05) is 11.6 Å². The van der Waals surface area contributed by atoms with Gasteiger partial charge in [-0.15, -0.1) is 0 Å². The Bertz CT molecular complexity index is 647. The van der Waals surface area contributed by atoms with Crippen LogP contribution in [0.1, 0.15) is 55.5 Å². The van der Waals surface area contributed by atoms with Crippen LogP contribution in [0.3, 0.4) is 0 Å².